The van der Waals surface area contributed by atoms with E-state index in [9.17, 15) is 0 Å². The summed E-state index contributed by atoms with van der Waals surface area (Å²) in [4.78, 5) is 7.36. The molecule has 0 saturated carbocycles. The van der Waals surface area contributed by atoms with E-state index in [0.29, 0.717) is 0 Å². The van der Waals surface area contributed by atoms with Gasteiger partial charge >= 0.3 is 0 Å². The molecule has 0 unspecified atom stereocenters. The SMILES string of the molecule is CN[C@H](c1ccccc1)c1ncc[nH]1. The molecule has 0 radical (unpaired) electrons. The number of hydrogen-bond acceptors (Lipinski definition) is 2. The fraction of sp³-hybridized carbons (Fsp3) is 0.182. The predicted molar refractivity (Wildman–Crippen MR) is 55.9 cm³/mol. The van der Waals surface area contributed by atoms with Crippen LogP contribution in [0.3, 0.4) is 0 Å². The molecule has 1 atom stereocenters. The van der Waals surface area contributed by atoms with Gasteiger partial charge in [-0.3, -0.25) is 0 Å². The molecule has 2 rings (SSSR count). The van der Waals surface area contributed by atoms with Gasteiger partial charge in [0.05, 0.1) is 6.04 Å². The van der Waals surface area contributed by atoms with E-state index in [0.717, 1.165) is 5.82 Å². The Balaban J connectivity index is 2.31. The van der Waals surface area contributed by atoms with E-state index in [-0.39, 0.29) is 6.04 Å². The van der Waals surface area contributed by atoms with Crippen molar-refractivity contribution in [2.45, 2.75) is 6.04 Å². The Hall–Kier alpha value is -1.61. The van der Waals surface area contributed by atoms with Gasteiger partial charge in [0.15, 0.2) is 0 Å². The van der Waals surface area contributed by atoms with Crippen molar-refractivity contribution in [3.05, 3.63) is 54.1 Å². The number of rotatable bonds is 3. The van der Waals surface area contributed by atoms with E-state index < -0.39 is 0 Å². The Morgan fingerprint density at radius 2 is 2.07 bits per heavy atom. The molecule has 0 bridgehead atoms. The van der Waals surface area contributed by atoms with Gasteiger partial charge in [-0.15, -0.1) is 0 Å². The van der Waals surface area contributed by atoms with Gasteiger partial charge in [-0.25, -0.2) is 4.98 Å². The van der Waals surface area contributed by atoms with Crippen molar-refractivity contribution in [3.8, 4) is 0 Å². The molecule has 3 nitrogen and oxygen atoms in total. The smallest absolute Gasteiger partial charge is 0.127 e. The van der Waals surface area contributed by atoms with E-state index in [1.54, 1.807) is 6.20 Å². The zero-order valence-electron chi connectivity index (χ0n) is 8.07. The topological polar surface area (TPSA) is 40.7 Å². The summed E-state index contributed by atoms with van der Waals surface area (Å²) in [5.41, 5.74) is 1.21. The highest BCUT2D eigenvalue weighted by Crippen LogP contribution is 2.17. The second-order valence-corrected chi connectivity index (χ2v) is 3.11. The van der Waals surface area contributed by atoms with Gasteiger partial charge in [-0.05, 0) is 12.6 Å². The van der Waals surface area contributed by atoms with E-state index in [2.05, 4.69) is 27.4 Å². The summed E-state index contributed by atoms with van der Waals surface area (Å²) >= 11 is 0. The Kier molecular flexibility index (Phi) is 2.60. The van der Waals surface area contributed by atoms with Crippen LogP contribution in [0.4, 0.5) is 0 Å². The third-order valence-corrected chi connectivity index (χ3v) is 2.21. The molecule has 2 aromatic rings. The summed E-state index contributed by atoms with van der Waals surface area (Å²) in [5, 5.41) is 3.23. The number of nitrogens with zero attached hydrogens (tertiary/aromatic N) is 1. The lowest BCUT2D eigenvalue weighted by Crippen LogP contribution is -2.18. The van der Waals surface area contributed by atoms with Crippen molar-refractivity contribution in [3.63, 3.8) is 0 Å². The summed E-state index contributed by atoms with van der Waals surface area (Å²) in [6.07, 6.45) is 3.60. The third kappa shape index (κ3) is 1.67. The number of H-pyrrole nitrogens is 1. The van der Waals surface area contributed by atoms with Crippen molar-refractivity contribution < 1.29 is 0 Å². The molecule has 14 heavy (non-hydrogen) atoms. The van der Waals surface area contributed by atoms with Gasteiger partial charge < -0.3 is 10.3 Å². The van der Waals surface area contributed by atoms with Gasteiger partial charge in [0.2, 0.25) is 0 Å². The molecule has 72 valence electrons. The molecule has 0 spiro atoms. The van der Waals surface area contributed by atoms with Gasteiger partial charge in [-0.2, -0.15) is 0 Å². The minimum atomic E-state index is 0.145. The maximum absolute atomic E-state index is 4.25. The molecular formula is C11H13N3. The summed E-state index contributed by atoms with van der Waals surface area (Å²) in [6, 6.07) is 10.4. The molecule has 0 aliphatic heterocycles. The van der Waals surface area contributed by atoms with Crippen molar-refractivity contribution in [1.29, 1.82) is 0 Å². The van der Waals surface area contributed by atoms with E-state index in [4.69, 9.17) is 0 Å². The molecular weight excluding hydrogens is 174 g/mol. The van der Waals surface area contributed by atoms with Gasteiger partial charge in [-0.1, -0.05) is 30.3 Å². The standard InChI is InChI=1S/C11H13N3/c1-12-10(11-13-7-8-14-11)9-5-3-2-4-6-9/h2-8,10,12H,1H3,(H,13,14)/t10-/m1/s1. The lowest BCUT2D eigenvalue weighted by Gasteiger charge is -2.13. The molecule has 3 heteroatoms. The zero-order valence-corrected chi connectivity index (χ0v) is 8.07. The molecule has 0 aliphatic rings. The monoisotopic (exact) mass is 187 g/mol. The van der Waals surface area contributed by atoms with Crippen LogP contribution in [0.2, 0.25) is 0 Å². The first kappa shape index (κ1) is 8.97. The van der Waals surface area contributed by atoms with Crippen LogP contribution >= 0.6 is 0 Å². The second kappa shape index (κ2) is 4.07. The molecule has 0 fully saturated rings. The second-order valence-electron chi connectivity index (χ2n) is 3.11. The number of hydrogen-bond donors (Lipinski definition) is 2. The Labute approximate surface area is 83.2 Å². The van der Waals surface area contributed by atoms with Gasteiger partial charge in [0.1, 0.15) is 5.82 Å². The van der Waals surface area contributed by atoms with Crippen LogP contribution in [0.5, 0.6) is 0 Å². The normalized spacial score (nSPS) is 12.6. The highest BCUT2D eigenvalue weighted by Gasteiger charge is 2.12. The largest absolute Gasteiger partial charge is 0.347 e. The minimum absolute atomic E-state index is 0.145. The van der Waals surface area contributed by atoms with Crippen molar-refractivity contribution in [2.24, 2.45) is 0 Å². The Morgan fingerprint density at radius 3 is 2.64 bits per heavy atom. The summed E-state index contributed by atoms with van der Waals surface area (Å²) in [5.74, 6) is 0.943. The average molecular weight is 187 g/mol. The third-order valence-electron chi connectivity index (χ3n) is 2.21. The number of benzene rings is 1. The first-order chi connectivity index (χ1) is 6.92. The summed E-state index contributed by atoms with van der Waals surface area (Å²) < 4.78 is 0. The van der Waals surface area contributed by atoms with Crippen LogP contribution < -0.4 is 5.32 Å². The maximum atomic E-state index is 4.25. The van der Waals surface area contributed by atoms with Crippen LogP contribution in [0, 0.1) is 0 Å². The van der Waals surface area contributed by atoms with E-state index in [1.165, 1.54) is 5.56 Å². The number of nitrogens with one attached hydrogen (secondary N) is 2. The molecule has 0 saturated heterocycles. The van der Waals surface area contributed by atoms with Crippen LogP contribution in [0.1, 0.15) is 17.4 Å². The first-order valence-electron chi connectivity index (χ1n) is 4.63. The molecule has 2 N–H and O–H groups in total. The number of imidazole rings is 1. The summed E-state index contributed by atoms with van der Waals surface area (Å²) in [6.45, 7) is 0. The molecule has 1 aromatic heterocycles. The number of aromatic amines is 1. The fourth-order valence-electron chi connectivity index (χ4n) is 1.54. The molecule has 1 aromatic carbocycles. The lowest BCUT2D eigenvalue weighted by atomic mass is 10.1. The quantitative estimate of drug-likeness (QED) is 0.768. The predicted octanol–water partition coefficient (Wildman–Crippen LogP) is 1.72. The highest BCUT2D eigenvalue weighted by molar-refractivity contribution is 5.24. The molecule has 0 aliphatic carbocycles. The van der Waals surface area contributed by atoms with Gasteiger partial charge in [0.25, 0.3) is 0 Å². The van der Waals surface area contributed by atoms with Gasteiger partial charge in [0, 0.05) is 12.4 Å². The first-order valence-corrected chi connectivity index (χ1v) is 4.63. The minimum Gasteiger partial charge on any atom is -0.347 e. The van der Waals surface area contributed by atoms with E-state index in [1.807, 2.05) is 31.4 Å². The molecule has 1 heterocycles. The van der Waals surface area contributed by atoms with Crippen molar-refractivity contribution in [2.75, 3.05) is 7.05 Å². The van der Waals surface area contributed by atoms with Crippen molar-refractivity contribution in [1.82, 2.24) is 15.3 Å². The Bertz CT molecular complexity index is 367. The van der Waals surface area contributed by atoms with Crippen molar-refractivity contribution >= 4 is 0 Å². The lowest BCUT2D eigenvalue weighted by molar-refractivity contribution is 0.655. The highest BCUT2D eigenvalue weighted by atomic mass is 15.0. The van der Waals surface area contributed by atoms with Crippen LogP contribution in [-0.4, -0.2) is 17.0 Å². The van der Waals surface area contributed by atoms with Crippen LogP contribution in [0.15, 0.2) is 42.7 Å². The fourth-order valence-corrected chi connectivity index (χ4v) is 1.54. The van der Waals surface area contributed by atoms with Crippen LogP contribution in [-0.2, 0) is 0 Å². The zero-order chi connectivity index (χ0) is 9.80. The number of aromatic nitrogens is 2. The van der Waals surface area contributed by atoms with Crippen LogP contribution in [0.25, 0.3) is 0 Å². The molecule has 0 amide bonds. The van der Waals surface area contributed by atoms with E-state index >= 15 is 0 Å². The maximum Gasteiger partial charge on any atom is 0.127 e. The average Bonchev–Trinajstić information content (AvgIpc) is 2.74. The summed E-state index contributed by atoms with van der Waals surface area (Å²) in [7, 11) is 1.93. The Morgan fingerprint density at radius 1 is 1.29 bits per heavy atom.